The first-order chi connectivity index (χ1) is 11.2. The molecule has 3 N–H and O–H groups in total. The third-order valence-electron chi connectivity index (χ3n) is 4.36. The lowest BCUT2D eigenvalue weighted by Crippen LogP contribution is -2.46. The molecular weight excluding hydrogens is 306 g/mol. The lowest BCUT2D eigenvalue weighted by Gasteiger charge is -2.30. The van der Waals surface area contributed by atoms with Crippen molar-refractivity contribution in [1.82, 2.24) is 4.90 Å². The van der Waals surface area contributed by atoms with E-state index in [2.05, 4.69) is 26.1 Å². The Morgan fingerprint density at radius 3 is 2.25 bits per heavy atom. The second kappa shape index (κ2) is 7.03. The highest BCUT2D eigenvalue weighted by Gasteiger charge is 2.29. The fraction of sp³-hybridized carbons (Fsp3) is 0.500. The van der Waals surface area contributed by atoms with E-state index in [9.17, 15) is 14.4 Å². The molecule has 0 radical (unpaired) electrons. The molecule has 1 saturated heterocycles. The normalized spacial score (nSPS) is 15.9. The van der Waals surface area contributed by atoms with Gasteiger partial charge in [-0.2, -0.15) is 0 Å². The third kappa shape index (κ3) is 4.13. The van der Waals surface area contributed by atoms with Gasteiger partial charge in [0.1, 0.15) is 0 Å². The minimum atomic E-state index is -0.649. The average Bonchev–Trinajstić information content (AvgIpc) is 2.53. The number of hydrogen-bond acceptors (Lipinski definition) is 3. The zero-order valence-corrected chi connectivity index (χ0v) is 14.5. The van der Waals surface area contributed by atoms with Crippen LogP contribution in [-0.4, -0.2) is 35.7 Å². The van der Waals surface area contributed by atoms with Crippen LogP contribution >= 0.6 is 0 Å². The van der Waals surface area contributed by atoms with Crippen LogP contribution in [0.5, 0.6) is 0 Å². The molecule has 0 atom stereocenters. The number of piperidine rings is 1. The molecule has 6 heteroatoms. The van der Waals surface area contributed by atoms with Gasteiger partial charge in [-0.25, -0.2) is 0 Å². The fourth-order valence-electron chi connectivity index (χ4n) is 2.93. The molecule has 24 heavy (non-hydrogen) atoms. The Kier molecular flexibility index (Phi) is 5.26. The minimum Gasteiger partial charge on any atom is -0.369 e. The summed E-state index contributed by atoms with van der Waals surface area (Å²) in [5.41, 5.74) is 6.76. The summed E-state index contributed by atoms with van der Waals surface area (Å²) in [5.74, 6) is -1.77. The summed E-state index contributed by atoms with van der Waals surface area (Å²) in [4.78, 5) is 37.3. The SMILES string of the molecule is CC(C)(C)c1ccccc1NC(=O)C(=O)N1CCC(C(N)=O)CC1. The van der Waals surface area contributed by atoms with Crippen LogP contribution in [0.1, 0.15) is 39.2 Å². The van der Waals surface area contributed by atoms with Gasteiger partial charge in [0.2, 0.25) is 5.91 Å². The smallest absolute Gasteiger partial charge is 0.313 e. The molecule has 1 heterocycles. The van der Waals surface area contributed by atoms with Crippen LogP contribution in [0.25, 0.3) is 0 Å². The van der Waals surface area contributed by atoms with Crippen molar-refractivity contribution in [2.24, 2.45) is 11.7 Å². The summed E-state index contributed by atoms with van der Waals surface area (Å²) in [6.45, 7) is 6.90. The molecule has 0 aromatic heterocycles. The van der Waals surface area contributed by atoms with Gasteiger partial charge in [-0.3, -0.25) is 14.4 Å². The number of anilines is 1. The number of nitrogens with zero attached hydrogens (tertiary/aromatic N) is 1. The molecule has 6 nitrogen and oxygen atoms in total. The van der Waals surface area contributed by atoms with Crippen molar-refractivity contribution in [2.45, 2.75) is 39.0 Å². The summed E-state index contributed by atoms with van der Waals surface area (Å²) >= 11 is 0. The summed E-state index contributed by atoms with van der Waals surface area (Å²) in [7, 11) is 0. The van der Waals surface area contributed by atoms with Crippen molar-refractivity contribution in [3.63, 3.8) is 0 Å². The van der Waals surface area contributed by atoms with Crippen LogP contribution < -0.4 is 11.1 Å². The van der Waals surface area contributed by atoms with Crippen molar-refractivity contribution in [2.75, 3.05) is 18.4 Å². The first-order valence-electron chi connectivity index (χ1n) is 8.19. The van der Waals surface area contributed by atoms with Gasteiger partial charge in [0.25, 0.3) is 0 Å². The lowest BCUT2D eigenvalue weighted by molar-refractivity contribution is -0.144. The van der Waals surface area contributed by atoms with Gasteiger partial charge in [-0.1, -0.05) is 39.0 Å². The molecule has 1 fully saturated rings. The monoisotopic (exact) mass is 331 g/mol. The number of primary amides is 1. The predicted molar refractivity (Wildman–Crippen MR) is 92.3 cm³/mol. The highest BCUT2D eigenvalue weighted by molar-refractivity contribution is 6.39. The van der Waals surface area contributed by atoms with E-state index in [1.54, 1.807) is 6.07 Å². The second-order valence-corrected chi connectivity index (χ2v) is 7.22. The number of benzene rings is 1. The molecule has 130 valence electrons. The zero-order chi connectivity index (χ0) is 17.9. The van der Waals surface area contributed by atoms with Crippen molar-refractivity contribution >= 4 is 23.4 Å². The summed E-state index contributed by atoms with van der Waals surface area (Å²) in [5, 5.41) is 2.73. The van der Waals surface area contributed by atoms with Crippen LogP contribution in [-0.2, 0) is 19.8 Å². The van der Waals surface area contributed by atoms with Crippen molar-refractivity contribution in [1.29, 1.82) is 0 Å². The molecule has 1 aliphatic rings. The van der Waals surface area contributed by atoms with E-state index in [0.29, 0.717) is 31.6 Å². The maximum atomic E-state index is 12.3. The van der Waals surface area contributed by atoms with E-state index in [1.807, 2.05) is 18.2 Å². The highest BCUT2D eigenvalue weighted by atomic mass is 16.2. The summed E-state index contributed by atoms with van der Waals surface area (Å²) < 4.78 is 0. The topological polar surface area (TPSA) is 92.5 Å². The van der Waals surface area contributed by atoms with E-state index >= 15 is 0 Å². The van der Waals surface area contributed by atoms with E-state index in [-0.39, 0.29) is 17.2 Å². The molecule has 1 aromatic carbocycles. The molecule has 1 aromatic rings. The van der Waals surface area contributed by atoms with E-state index in [1.165, 1.54) is 4.90 Å². The first-order valence-corrected chi connectivity index (χ1v) is 8.19. The number of amides is 3. The molecule has 0 aliphatic carbocycles. The third-order valence-corrected chi connectivity index (χ3v) is 4.36. The molecule has 0 spiro atoms. The number of nitrogens with one attached hydrogen (secondary N) is 1. The van der Waals surface area contributed by atoms with E-state index < -0.39 is 11.8 Å². The van der Waals surface area contributed by atoms with Crippen molar-refractivity contribution in [3.05, 3.63) is 29.8 Å². The lowest BCUT2D eigenvalue weighted by atomic mass is 9.86. The molecule has 2 rings (SSSR count). The van der Waals surface area contributed by atoms with Gasteiger partial charge < -0.3 is 16.0 Å². The molecule has 0 saturated carbocycles. The standard InChI is InChI=1S/C18H25N3O3/c1-18(2,3)13-6-4-5-7-14(13)20-16(23)17(24)21-10-8-12(9-11-21)15(19)22/h4-7,12H,8-11H2,1-3H3,(H2,19,22)(H,20,23). The maximum Gasteiger partial charge on any atom is 0.313 e. The first kappa shape index (κ1) is 18.0. The number of carbonyl (C=O) groups is 3. The van der Waals surface area contributed by atoms with Gasteiger partial charge in [0.05, 0.1) is 0 Å². The van der Waals surface area contributed by atoms with E-state index in [4.69, 9.17) is 5.73 Å². The van der Waals surface area contributed by atoms with Gasteiger partial charge in [0, 0.05) is 24.7 Å². The highest BCUT2D eigenvalue weighted by Crippen LogP contribution is 2.29. The Hall–Kier alpha value is -2.37. The van der Waals surface area contributed by atoms with Gasteiger partial charge >= 0.3 is 11.8 Å². The Bertz CT molecular complexity index is 641. The predicted octanol–water partition coefficient (Wildman–Crippen LogP) is 1.65. The minimum absolute atomic E-state index is 0.146. The number of carbonyl (C=O) groups excluding carboxylic acids is 3. The van der Waals surface area contributed by atoms with Crippen LogP contribution in [0.15, 0.2) is 24.3 Å². The Labute approximate surface area is 142 Å². The van der Waals surface area contributed by atoms with Gasteiger partial charge in [0.15, 0.2) is 0 Å². The van der Waals surface area contributed by atoms with Gasteiger partial charge in [-0.15, -0.1) is 0 Å². The zero-order valence-electron chi connectivity index (χ0n) is 14.5. The summed E-state index contributed by atoms with van der Waals surface area (Å²) in [6, 6.07) is 7.48. The largest absolute Gasteiger partial charge is 0.369 e. The van der Waals surface area contributed by atoms with Crippen LogP contribution in [0, 0.1) is 5.92 Å². The molecule has 3 amide bonds. The van der Waals surface area contributed by atoms with Crippen LogP contribution in [0.4, 0.5) is 5.69 Å². The quantitative estimate of drug-likeness (QED) is 0.807. The number of para-hydroxylation sites is 1. The maximum absolute atomic E-state index is 12.3. The number of hydrogen-bond donors (Lipinski definition) is 2. The van der Waals surface area contributed by atoms with Crippen molar-refractivity contribution in [3.8, 4) is 0 Å². The van der Waals surface area contributed by atoms with Crippen LogP contribution in [0.3, 0.4) is 0 Å². The Morgan fingerprint density at radius 1 is 1.12 bits per heavy atom. The molecule has 1 aliphatic heterocycles. The average molecular weight is 331 g/mol. The molecule has 0 bridgehead atoms. The van der Waals surface area contributed by atoms with Crippen molar-refractivity contribution < 1.29 is 14.4 Å². The number of likely N-dealkylation sites (tertiary alicyclic amines) is 1. The second-order valence-electron chi connectivity index (χ2n) is 7.22. The number of rotatable bonds is 2. The fourth-order valence-corrected chi connectivity index (χ4v) is 2.93. The number of nitrogens with two attached hydrogens (primary N) is 1. The van der Waals surface area contributed by atoms with Crippen LogP contribution in [0.2, 0.25) is 0 Å². The Morgan fingerprint density at radius 2 is 1.71 bits per heavy atom. The molecular formula is C18H25N3O3. The van der Waals surface area contributed by atoms with E-state index in [0.717, 1.165) is 5.56 Å². The molecule has 0 unspecified atom stereocenters. The summed E-state index contributed by atoms with van der Waals surface area (Å²) in [6.07, 6.45) is 1.01. The van der Waals surface area contributed by atoms with Gasteiger partial charge in [-0.05, 0) is 29.9 Å². The Balaban J connectivity index is 2.03.